The first kappa shape index (κ1) is 12.7. The number of hydrogen-bond acceptors (Lipinski definition) is 3. The monoisotopic (exact) mass is 248 g/mol. The van der Waals surface area contributed by atoms with Gasteiger partial charge >= 0.3 is 5.97 Å². The zero-order chi connectivity index (χ0) is 12.4. The highest BCUT2D eigenvalue weighted by Crippen LogP contribution is 2.31. The fourth-order valence-electron chi connectivity index (χ4n) is 2.45. The van der Waals surface area contributed by atoms with E-state index >= 15 is 0 Å². The van der Waals surface area contributed by atoms with Gasteiger partial charge in [-0.15, -0.1) is 0 Å². The number of piperidine rings is 1. The predicted octanol–water partition coefficient (Wildman–Crippen LogP) is 0.779. The number of carboxylic acid groups (broad SMARTS) is 1. The zero-order valence-corrected chi connectivity index (χ0v) is 9.61. The Morgan fingerprint density at radius 1 is 1.41 bits per heavy atom. The topological polar surface area (TPSA) is 52.6 Å². The van der Waals surface area contributed by atoms with Gasteiger partial charge in [-0.25, -0.2) is 8.78 Å². The molecule has 6 heteroatoms. The summed E-state index contributed by atoms with van der Waals surface area (Å²) in [5.74, 6) is -1.25. The quantitative estimate of drug-likeness (QED) is 0.755. The maximum Gasteiger partial charge on any atom is 0.307 e. The number of likely N-dealkylation sites (tertiary alicyclic amines) is 1. The Hall–Kier alpha value is -0.750. The average Bonchev–Trinajstić information content (AvgIpc) is 3.09. The van der Waals surface area contributed by atoms with Crippen molar-refractivity contribution in [2.45, 2.75) is 37.8 Å². The van der Waals surface area contributed by atoms with E-state index in [9.17, 15) is 13.6 Å². The van der Waals surface area contributed by atoms with Crippen LogP contribution < -0.4 is 5.32 Å². The number of hydrogen-bond donors (Lipinski definition) is 2. The number of alkyl halides is 2. The van der Waals surface area contributed by atoms with Gasteiger partial charge in [0.25, 0.3) is 6.43 Å². The summed E-state index contributed by atoms with van der Waals surface area (Å²) >= 11 is 0. The molecular formula is C11H18F2N2O2. The molecule has 1 aliphatic carbocycles. The molecule has 0 aromatic carbocycles. The Kier molecular flexibility index (Phi) is 3.93. The number of nitrogens with one attached hydrogen (secondary N) is 1. The van der Waals surface area contributed by atoms with Gasteiger partial charge in [0, 0.05) is 25.2 Å². The molecular weight excluding hydrogens is 230 g/mol. The van der Waals surface area contributed by atoms with Crippen LogP contribution in [-0.2, 0) is 4.79 Å². The lowest BCUT2D eigenvalue weighted by atomic mass is 9.94. The van der Waals surface area contributed by atoms with E-state index in [1.807, 2.05) is 0 Å². The molecule has 98 valence electrons. The maximum absolute atomic E-state index is 12.1. The van der Waals surface area contributed by atoms with E-state index in [4.69, 9.17) is 5.11 Å². The first-order valence-corrected chi connectivity index (χ1v) is 6.04. The van der Waals surface area contributed by atoms with E-state index in [0.717, 1.165) is 12.8 Å². The second-order valence-corrected chi connectivity index (χ2v) is 4.95. The summed E-state index contributed by atoms with van der Waals surface area (Å²) in [6.07, 6.45) is 0.280. The third-order valence-corrected chi connectivity index (χ3v) is 3.45. The van der Waals surface area contributed by atoms with E-state index in [-0.39, 0.29) is 12.6 Å². The average molecular weight is 248 g/mol. The van der Waals surface area contributed by atoms with Crippen molar-refractivity contribution >= 4 is 5.97 Å². The molecule has 1 aliphatic heterocycles. The molecule has 1 saturated carbocycles. The van der Waals surface area contributed by atoms with Gasteiger partial charge in [-0.2, -0.15) is 0 Å². The minimum Gasteiger partial charge on any atom is -0.481 e. The largest absolute Gasteiger partial charge is 0.481 e. The molecule has 4 nitrogen and oxygen atoms in total. The molecule has 2 atom stereocenters. The Morgan fingerprint density at radius 3 is 2.65 bits per heavy atom. The Balaban J connectivity index is 1.88. The molecule has 0 aromatic heterocycles. The molecule has 1 saturated heterocycles. The van der Waals surface area contributed by atoms with Crippen molar-refractivity contribution < 1.29 is 18.7 Å². The summed E-state index contributed by atoms with van der Waals surface area (Å²) in [6, 6.07) is 0.354. The standard InChI is InChI=1S/C11H18F2N2O2/c12-10(13)4-14-8-3-7(11(16)17)5-15(6-8)9-1-2-9/h7-10,14H,1-6H2,(H,16,17). The van der Waals surface area contributed by atoms with Crippen LogP contribution in [0.3, 0.4) is 0 Å². The number of carbonyl (C=O) groups is 1. The third-order valence-electron chi connectivity index (χ3n) is 3.45. The van der Waals surface area contributed by atoms with Gasteiger partial charge in [0.05, 0.1) is 12.5 Å². The van der Waals surface area contributed by atoms with E-state index in [1.54, 1.807) is 0 Å². The Morgan fingerprint density at radius 2 is 2.12 bits per heavy atom. The highest BCUT2D eigenvalue weighted by atomic mass is 19.3. The molecule has 2 fully saturated rings. The minimum atomic E-state index is -2.38. The van der Waals surface area contributed by atoms with Crippen molar-refractivity contribution in [2.24, 2.45) is 5.92 Å². The van der Waals surface area contributed by atoms with E-state index in [2.05, 4.69) is 10.2 Å². The summed E-state index contributed by atoms with van der Waals surface area (Å²) in [5.41, 5.74) is 0. The Bertz CT molecular complexity index is 285. The van der Waals surface area contributed by atoms with Crippen LogP contribution in [0, 0.1) is 5.92 Å². The molecule has 0 radical (unpaired) electrons. The van der Waals surface area contributed by atoms with Crippen LogP contribution in [0.1, 0.15) is 19.3 Å². The summed E-state index contributed by atoms with van der Waals surface area (Å²) in [6.45, 7) is 0.906. The molecule has 0 aromatic rings. The maximum atomic E-state index is 12.1. The first-order valence-electron chi connectivity index (χ1n) is 6.04. The molecule has 17 heavy (non-hydrogen) atoms. The summed E-state index contributed by atoms with van der Waals surface area (Å²) in [5, 5.41) is 11.8. The van der Waals surface area contributed by atoms with Gasteiger partial charge < -0.3 is 10.4 Å². The van der Waals surface area contributed by atoms with E-state index in [0.29, 0.717) is 25.6 Å². The molecule has 0 amide bonds. The predicted molar refractivity (Wildman–Crippen MR) is 58.1 cm³/mol. The minimum absolute atomic E-state index is 0.126. The number of nitrogens with zero attached hydrogens (tertiary/aromatic N) is 1. The molecule has 2 N–H and O–H groups in total. The van der Waals surface area contributed by atoms with E-state index in [1.165, 1.54) is 0 Å². The van der Waals surface area contributed by atoms with Crippen molar-refractivity contribution in [3.63, 3.8) is 0 Å². The van der Waals surface area contributed by atoms with Gasteiger partial charge in [-0.05, 0) is 19.3 Å². The number of carboxylic acids is 1. The number of halogens is 2. The van der Waals surface area contributed by atoms with Crippen LogP contribution in [0.4, 0.5) is 8.78 Å². The smallest absolute Gasteiger partial charge is 0.307 e. The molecule has 0 bridgehead atoms. The van der Waals surface area contributed by atoms with Crippen molar-refractivity contribution in [3.8, 4) is 0 Å². The van der Waals surface area contributed by atoms with Crippen LogP contribution in [0.5, 0.6) is 0 Å². The lowest BCUT2D eigenvalue weighted by Crippen LogP contribution is -2.52. The summed E-state index contributed by atoms with van der Waals surface area (Å²) in [7, 11) is 0. The van der Waals surface area contributed by atoms with Crippen LogP contribution in [0.2, 0.25) is 0 Å². The molecule has 2 rings (SSSR count). The molecule has 2 unspecified atom stereocenters. The van der Waals surface area contributed by atoms with Gasteiger partial charge in [0.15, 0.2) is 0 Å². The number of rotatable bonds is 5. The third kappa shape index (κ3) is 3.61. The first-order chi connectivity index (χ1) is 8.06. The van der Waals surface area contributed by atoms with Crippen molar-refractivity contribution in [2.75, 3.05) is 19.6 Å². The van der Waals surface area contributed by atoms with Crippen molar-refractivity contribution in [1.29, 1.82) is 0 Å². The van der Waals surface area contributed by atoms with Crippen LogP contribution in [0.25, 0.3) is 0 Å². The van der Waals surface area contributed by atoms with Crippen LogP contribution >= 0.6 is 0 Å². The van der Waals surface area contributed by atoms with E-state index < -0.39 is 18.3 Å². The lowest BCUT2D eigenvalue weighted by Gasteiger charge is -2.36. The molecule has 1 heterocycles. The summed E-state index contributed by atoms with van der Waals surface area (Å²) < 4.78 is 24.2. The zero-order valence-electron chi connectivity index (χ0n) is 9.61. The Labute approximate surface area is 99.0 Å². The fourth-order valence-corrected chi connectivity index (χ4v) is 2.45. The highest BCUT2D eigenvalue weighted by molar-refractivity contribution is 5.70. The van der Waals surface area contributed by atoms with Gasteiger partial charge in [-0.3, -0.25) is 9.69 Å². The highest BCUT2D eigenvalue weighted by Gasteiger charge is 2.38. The van der Waals surface area contributed by atoms with Gasteiger partial charge in [-0.1, -0.05) is 0 Å². The lowest BCUT2D eigenvalue weighted by molar-refractivity contribution is -0.144. The fraction of sp³-hybridized carbons (Fsp3) is 0.909. The summed E-state index contributed by atoms with van der Waals surface area (Å²) in [4.78, 5) is 13.2. The van der Waals surface area contributed by atoms with Crippen LogP contribution in [-0.4, -0.2) is 54.1 Å². The second-order valence-electron chi connectivity index (χ2n) is 4.95. The van der Waals surface area contributed by atoms with Crippen molar-refractivity contribution in [3.05, 3.63) is 0 Å². The van der Waals surface area contributed by atoms with Crippen molar-refractivity contribution in [1.82, 2.24) is 10.2 Å². The van der Waals surface area contributed by atoms with Gasteiger partial charge in [0.2, 0.25) is 0 Å². The SMILES string of the molecule is O=C(O)C1CC(NCC(F)F)CN(C2CC2)C1. The molecule has 0 spiro atoms. The number of aliphatic carboxylic acids is 1. The normalized spacial score (nSPS) is 30.8. The van der Waals surface area contributed by atoms with Gasteiger partial charge in [0.1, 0.15) is 0 Å². The molecule has 2 aliphatic rings. The second kappa shape index (κ2) is 5.27. The van der Waals surface area contributed by atoms with Crippen LogP contribution in [0.15, 0.2) is 0 Å².